The van der Waals surface area contributed by atoms with Crippen molar-refractivity contribution >= 4 is 26.7 Å². The summed E-state index contributed by atoms with van der Waals surface area (Å²) in [5.74, 6) is 0.673. The maximum Gasteiger partial charge on any atom is 0.291 e. The standard InChI is InChI=1S/C28H31NO7S/c1-15(2)13-35-21-7-6-18(12-23(21)34-5)25-24-26(30)20-10-16(3)17(4)11-22(20)36-27(24)28(31)29(25)19-8-9-37(32,33)14-19/h6-7,10-12,15,19,25H,8-9,13-14H2,1-5H3. The molecular formula is C28H31NO7S. The lowest BCUT2D eigenvalue weighted by Crippen LogP contribution is -2.40. The molecule has 0 N–H and O–H groups in total. The Bertz CT molecular complexity index is 1570. The smallest absolute Gasteiger partial charge is 0.291 e. The number of nitrogens with zero attached hydrogens (tertiary/aromatic N) is 1. The summed E-state index contributed by atoms with van der Waals surface area (Å²) in [5.41, 5.74) is 2.78. The third kappa shape index (κ3) is 4.39. The lowest BCUT2D eigenvalue weighted by Gasteiger charge is -2.30. The molecule has 1 amide bonds. The van der Waals surface area contributed by atoms with Crippen molar-refractivity contribution in [1.29, 1.82) is 0 Å². The number of hydrogen-bond donors (Lipinski definition) is 0. The summed E-state index contributed by atoms with van der Waals surface area (Å²) in [4.78, 5) is 29.2. The van der Waals surface area contributed by atoms with Crippen LogP contribution in [0.25, 0.3) is 11.0 Å². The Morgan fingerprint density at radius 1 is 1.08 bits per heavy atom. The van der Waals surface area contributed by atoms with Crippen LogP contribution < -0.4 is 14.9 Å². The van der Waals surface area contributed by atoms with Gasteiger partial charge in [0.2, 0.25) is 5.76 Å². The first-order chi connectivity index (χ1) is 17.5. The van der Waals surface area contributed by atoms with Crippen LogP contribution in [0.2, 0.25) is 0 Å². The van der Waals surface area contributed by atoms with E-state index in [0.29, 0.717) is 47.0 Å². The summed E-state index contributed by atoms with van der Waals surface area (Å²) < 4.78 is 42.3. The minimum atomic E-state index is -3.29. The van der Waals surface area contributed by atoms with E-state index in [2.05, 4.69) is 0 Å². The molecule has 2 aliphatic rings. The van der Waals surface area contributed by atoms with Crippen LogP contribution in [0.1, 0.15) is 59.1 Å². The van der Waals surface area contributed by atoms with Gasteiger partial charge in [-0.05, 0) is 67.1 Å². The summed E-state index contributed by atoms with van der Waals surface area (Å²) in [7, 11) is -1.76. The molecule has 0 saturated carbocycles. The lowest BCUT2D eigenvalue weighted by atomic mass is 9.96. The Hall–Kier alpha value is -3.33. The highest BCUT2D eigenvalue weighted by atomic mass is 32.2. The second-order valence-corrected chi connectivity index (χ2v) is 12.6. The van der Waals surface area contributed by atoms with E-state index in [4.69, 9.17) is 13.9 Å². The van der Waals surface area contributed by atoms with E-state index in [9.17, 15) is 18.0 Å². The van der Waals surface area contributed by atoms with Gasteiger partial charge in [-0.2, -0.15) is 0 Å². The number of carbonyl (C=O) groups excluding carboxylic acids is 1. The molecule has 0 bridgehead atoms. The van der Waals surface area contributed by atoms with Crippen molar-refractivity contribution in [2.24, 2.45) is 5.92 Å². The van der Waals surface area contributed by atoms with Gasteiger partial charge in [0.25, 0.3) is 5.91 Å². The summed E-state index contributed by atoms with van der Waals surface area (Å²) in [6.07, 6.45) is 0.303. The van der Waals surface area contributed by atoms with Crippen LogP contribution in [0, 0.1) is 19.8 Å². The molecule has 2 aliphatic heterocycles. The molecule has 2 aromatic carbocycles. The van der Waals surface area contributed by atoms with Gasteiger partial charge in [-0.3, -0.25) is 9.59 Å². The largest absolute Gasteiger partial charge is 0.493 e. The van der Waals surface area contributed by atoms with Gasteiger partial charge in [0.05, 0.1) is 42.2 Å². The molecular weight excluding hydrogens is 494 g/mol. The summed E-state index contributed by atoms with van der Waals surface area (Å²) in [5, 5.41) is 0.393. The third-order valence-electron chi connectivity index (χ3n) is 7.20. The number of amides is 1. The van der Waals surface area contributed by atoms with Crippen LogP contribution in [0.5, 0.6) is 11.5 Å². The van der Waals surface area contributed by atoms with Gasteiger partial charge in [-0.25, -0.2) is 8.42 Å². The fourth-order valence-corrected chi connectivity index (χ4v) is 6.89. The number of methoxy groups -OCH3 is 1. The zero-order valence-corrected chi connectivity index (χ0v) is 22.5. The normalized spacial score (nSPS) is 20.6. The highest BCUT2D eigenvalue weighted by Crippen LogP contribution is 2.43. The second-order valence-electron chi connectivity index (χ2n) is 10.4. The van der Waals surface area contributed by atoms with Crippen molar-refractivity contribution in [3.8, 4) is 11.5 Å². The van der Waals surface area contributed by atoms with E-state index >= 15 is 0 Å². The molecule has 5 rings (SSSR count). The quantitative estimate of drug-likeness (QED) is 0.476. The highest BCUT2D eigenvalue weighted by molar-refractivity contribution is 7.91. The van der Waals surface area contributed by atoms with Gasteiger partial charge in [-0.15, -0.1) is 0 Å². The van der Waals surface area contributed by atoms with Gasteiger partial charge < -0.3 is 18.8 Å². The number of sulfone groups is 1. The molecule has 1 saturated heterocycles. The van der Waals surface area contributed by atoms with Crippen molar-refractivity contribution in [2.45, 2.75) is 46.2 Å². The van der Waals surface area contributed by atoms with Crippen LogP contribution in [-0.2, 0) is 9.84 Å². The molecule has 3 heterocycles. The Morgan fingerprint density at radius 2 is 1.81 bits per heavy atom. The first-order valence-corrected chi connectivity index (χ1v) is 14.2. The summed E-state index contributed by atoms with van der Waals surface area (Å²) in [6, 6.07) is 7.48. The average molecular weight is 526 g/mol. The zero-order chi connectivity index (χ0) is 26.6. The predicted octanol–water partition coefficient (Wildman–Crippen LogP) is 4.19. The number of carbonyl (C=O) groups is 1. The molecule has 37 heavy (non-hydrogen) atoms. The van der Waals surface area contributed by atoms with Gasteiger partial charge in [-0.1, -0.05) is 19.9 Å². The fourth-order valence-electron chi connectivity index (χ4n) is 5.17. The van der Waals surface area contributed by atoms with Gasteiger partial charge in [0, 0.05) is 6.04 Å². The molecule has 196 valence electrons. The molecule has 2 unspecified atom stereocenters. The Balaban J connectivity index is 1.71. The number of hydrogen-bond acceptors (Lipinski definition) is 7. The molecule has 0 radical (unpaired) electrons. The van der Waals surface area contributed by atoms with Crippen LogP contribution in [0.3, 0.4) is 0 Å². The Labute approximate surface area is 216 Å². The SMILES string of the molecule is COc1cc(C2c3c(oc4cc(C)c(C)cc4c3=O)C(=O)N2C2CCS(=O)(=O)C2)ccc1OCC(C)C. The molecule has 0 spiro atoms. The first-order valence-electron chi connectivity index (χ1n) is 12.4. The van der Waals surface area contributed by atoms with Crippen molar-refractivity contribution in [2.75, 3.05) is 25.2 Å². The van der Waals surface area contributed by atoms with Crippen LogP contribution in [-0.4, -0.2) is 50.5 Å². The van der Waals surface area contributed by atoms with E-state index in [1.54, 1.807) is 30.3 Å². The van der Waals surface area contributed by atoms with Crippen molar-refractivity contribution < 1.29 is 27.1 Å². The van der Waals surface area contributed by atoms with E-state index in [1.165, 1.54) is 12.0 Å². The number of aryl methyl sites for hydroxylation is 2. The van der Waals surface area contributed by atoms with Crippen LogP contribution >= 0.6 is 0 Å². The summed E-state index contributed by atoms with van der Waals surface area (Å²) in [6.45, 7) is 8.42. The highest BCUT2D eigenvalue weighted by Gasteiger charge is 2.48. The number of rotatable bonds is 6. The number of fused-ring (bicyclic) bond motifs is 2. The zero-order valence-electron chi connectivity index (χ0n) is 21.7. The minimum absolute atomic E-state index is 0.00243. The summed E-state index contributed by atoms with van der Waals surface area (Å²) >= 11 is 0. The average Bonchev–Trinajstić information content (AvgIpc) is 3.35. The van der Waals surface area contributed by atoms with E-state index in [1.807, 2.05) is 27.7 Å². The van der Waals surface area contributed by atoms with Gasteiger partial charge in [0.15, 0.2) is 26.8 Å². The van der Waals surface area contributed by atoms with Crippen molar-refractivity contribution in [3.05, 3.63) is 68.6 Å². The molecule has 1 aromatic heterocycles. The molecule has 1 fully saturated rings. The predicted molar refractivity (Wildman–Crippen MR) is 140 cm³/mol. The van der Waals surface area contributed by atoms with Crippen LogP contribution in [0.4, 0.5) is 0 Å². The third-order valence-corrected chi connectivity index (χ3v) is 8.95. The first kappa shape index (κ1) is 25.3. The maximum absolute atomic E-state index is 13.9. The van der Waals surface area contributed by atoms with Gasteiger partial charge in [0.1, 0.15) is 5.58 Å². The Morgan fingerprint density at radius 3 is 2.46 bits per heavy atom. The molecule has 8 nitrogen and oxygen atoms in total. The van der Waals surface area contributed by atoms with E-state index in [0.717, 1.165) is 11.1 Å². The number of benzene rings is 2. The molecule has 0 aliphatic carbocycles. The van der Waals surface area contributed by atoms with E-state index in [-0.39, 0.29) is 28.3 Å². The van der Waals surface area contributed by atoms with E-state index < -0.39 is 27.8 Å². The molecule has 9 heteroatoms. The second kappa shape index (κ2) is 9.20. The van der Waals surface area contributed by atoms with Gasteiger partial charge >= 0.3 is 0 Å². The van der Waals surface area contributed by atoms with Crippen LogP contribution in [0.15, 0.2) is 39.5 Å². The topological polar surface area (TPSA) is 103 Å². The minimum Gasteiger partial charge on any atom is -0.493 e. The van der Waals surface area contributed by atoms with Crippen molar-refractivity contribution in [3.63, 3.8) is 0 Å². The fraction of sp³-hybridized carbons (Fsp3) is 0.429. The van der Waals surface area contributed by atoms with Crippen molar-refractivity contribution in [1.82, 2.24) is 4.90 Å². The molecule has 2 atom stereocenters. The number of ether oxygens (including phenoxy) is 2. The lowest BCUT2D eigenvalue weighted by molar-refractivity contribution is 0.0662. The maximum atomic E-state index is 13.9. The Kier molecular flexibility index (Phi) is 6.30. The molecule has 3 aromatic rings. The monoisotopic (exact) mass is 525 g/mol.